The van der Waals surface area contributed by atoms with Gasteiger partial charge in [0, 0.05) is 28.4 Å². The van der Waals surface area contributed by atoms with Gasteiger partial charge in [-0.25, -0.2) is 0 Å². The quantitative estimate of drug-likeness (QED) is 0.518. The second-order valence-electron chi connectivity index (χ2n) is 6.29. The van der Waals surface area contributed by atoms with E-state index in [1.54, 1.807) is 30.5 Å². The van der Waals surface area contributed by atoms with Gasteiger partial charge < -0.3 is 15.0 Å². The fourth-order valence-electron chi connectivity index (χ4n) is 2.76. The molecule has 0 unspecified atom stereocenters. The molecule has 1 atom stereocenters. The number of aromatic nitrogens is 1. The van der Waals surface area contributed by atoms with Crippen LogP contribution in [-0.4, -0.2) is 28.7 Å². The van der Waals surface area contributed by atoms with Gasteiger partial charge in [-0.05, 0) is 49.7 Å². The third-order valence-corrected chi connectivity index (χ3v) is 4.25. The third-order valence-electron chi connectivity index (χ3n) is 4.25. The zero-order valence-corrected chi connectivity index (χ0v) is 15.1. The largest absolute Gasteiger partial charge is 0.452 e. The van der Waals surface area contributed by atoms with Crippen LogP contribution in [0.15, 0.2) is 54.7 Å². The van der Waals surface area contributed by atoms with Crippen molar-refractivity contribution in [3.8, 4) is 0 Å². The number of hydrogen-bond donors (Lipinski definition) is 2. The molecule has 0 fully saturated rings. The van der Waals surface area contributed by atoms with E-state index >= 15 is 0 Å². The molecule has 3 rings (SSSR count). The van der Waals surface area contributed by atoms with Crippen LogP contribution in [0, 0.1) is 0 Å². The summed E-state index contributed by atoms with van der Waals surface area (Å²) in [5, 5.41) is 3.62. The smallest absolute Gasteiger partial charge is 0.311 e. The van der Waals surface area contributed by atoms with Crippen molar-refractivity contribution in [3.63, 3.8) is 0 Å². The Morgan fingerprint density at radius 3 is 2.48 bits per heavy atom. The Morgan fingerprint density at radius 2 is 1.78 bits per heavy atom. The van der Waals surface area contributed by atoms with Gasteiger partial charge in [-0.1, -0.05) is 18.2 Å². The number of anilines is 1. The minimum atomic E-state index is -0.935. The molecular weight excluding hydrogens is 344 g/mol. The molecule has 3 aromatic rings. The van der Waals surface area contributed by atoms with Crippen molar-refractivity contribution in [2.45, 2.75) is 26.4 Å². The monoisotopic (exact) mass is 364 g/mol. The van der Waals surface area contributed by atoms with E-state index < -0.39 is 18.0 Å². The second kappa shape index (κ2) is 7.86. The summed E-state index contributed by atoms with van der Waals surface area (Å²) < 4.78 is 5.25. The van der Waals surface area contributed by atoms with E-state index in [1.807, 2.05) is 24.3 Å². The van der Waals surface area contributed by atoms with E-state index in [1.165, 1.54) is 13.8 Å². The molecule has 0 aliphatic heterocycles. The van der Waals surface area contributed by atoms with Crippen molar-refractivity contribution in [2.24, 2.45) is 0 Å². The van der Waals surface area contributed by atoms with Crippen LogP contribution in [0.25, 0.3) is 10.9 Å². The number of Topliss-reactive ketones (excluding diaryl/α,β-unsaturated/α-hetero) is 1. The molecule has 0 bridgehead atoms. The van der Waals surface area contributed by atoms with Crippen LogP contribution in [-0.2, 0) is 20.7 Å². The first-order valence-corrected chi connectivity index (χ1v) is 8.60. The van der Waals surface area contributed by atoms with Crippen molar-refractivity contribution in [2.75, 3.05) is 5.32 Å². The second-order valence-corrected chi connectivity index (χ2v) is 6.29. The summed E-state index contributed by atoms with van der Waals surface area (Å²) >= 11 is 0. The number of nitrogens with one attached hydrogen (secondary N) is 2. The lowest BCUT2D eigenvalue weighted by molar-refractivity contribution is -0.152. The number of aromatic amines is 1. The first-order chi connectivity index (χ1) is 12.9. The molecular formula is C21H20N2O4. The fourth-order valence-corrected chi connectivity index (χ4v) is 2.76. The maximum atomic E-state index is 12.2. The zero-order valence-electron chi connectivity index (χ0n) is 15.1. The number of hydrogen-bond acceptors (Lipinski definition) is 4. The van der Waals surface area contributed by atoms with Gasteiger partial charge in [-0.3, -0.25) is 14.4 Å². The Bertz CT molecular complexity index is 989. The van der Waals surface area contributed by atoms with E-state index in [0.717, 1.165) is 16.5 Å². The number of rotatable bonds is 6. The standard InChI is InChI=1S/C21H20N2O4/c1-13(24)15-7-9-17(10-8-15)23-21(26)14(2)27-20(25)11-16-12-22-19-6-4-3-5-18(16)19/h3-10,12,14,22H,11H2,1-2H3,(H,23,26)/t14-/m1/s1. The average Bonchev–Trinajstić information content (AvgIpc) is 3.05. The minimum Gasteiger partial charge on any atom is -0.452 e. The van der Waals surface area contributed by atoms with Crippen LogP contribution >= 0.6 is 0 Å². The number of fused-ring (bicyclic) bond motifs is 1. The van der Waals surface area contributed by atoms with Crippen molar-refractivity contribution in [1.29, 1.82) is 0 Å². The molecule has 138 valence electrons. The SMILES string of the molecule is CC(=O)c1ccc(NC(=O)[C@@H](C)OC(=O)Cc2c[nH]c3ccccc23)cc1. The van der Waals surface area contributed by atoms with E-state index in [9.17, 15) is 14.4 Å². The number of carbonyl (C=O) groups excluding carboxylic acids is 3. The number of benzene rings is 2. The number of ether oxygens (including phenoxy) is 1. The van der Waals surface area contributed by atoms with E-state index in [0.29, 0.717) is 11.3 Å². The highest BCUT2D eigenvalue weighted by atomic mass is 16.5. The van der Waals surface area contributed by atoms with E-state index in [2.05, 4.69) is 10.3 Å². The molecule has 6 heteroatoms. The summed E-state index contributed by atoms with van der Waals surface area (Å²) in [6.45, 7) is 3.00. The van der Waals surface area contributed by atoms with Crippen LogP contribution in [0.3, 0.4) is 0 Å². The summed E-state index contributed by atoms with van der Waals surface area (Å²) in [4.78, 5) is 38.8. The first-order valence-electron chi connectivity index (χ1n) is 8.60. The first kappa shape index (κ1) is 18.4. The van der Waals surface area contributed by atoms with Gasteiger partial charge in [0.05, 0.1) is 6.42 Å². The molecule has 1 amide bonds. The Kier molecular flexibility index (Phi) is 5.35. The fraction of sp³-hybridized carbons (Fsp3) is 0.190. The number of ketones is 1. The predicted octanol–water partition coefficient (Wildman–Crippen LogP) is 3.48. The highest BCUT2D eigenvalue weighted by molar-refractivity contribution is 5.97. The maximum Gasteiger partial charge on any atom is 0.311 e. The van der Waals surface area contributed by atoms with Crippen molar-refractivity contribution >= 4 is 34.3 Å². The van der Waals surface area contributed by atoms with E-state index in [4.69, 9.17) is 4.74 Å². The molecule has 0 saturated heterocycles. The maximum absolute atomic E-state index is 12.2. The lowest BCUT2D eigenvalue weighted by Gasteiger charge is -2.13. The number of carbonyl (C=O) groups is 3. The third kappa shape index (κ3) is 4.41. The Hall–Kier alpha value is -3.41. The summed E-state index contributed by atoms with van der Waals surface area (Å²) in [7, 11) is 0. The highest BCUT2D eigenvalue weighted by Gasteiger charge is 2.19. The summed E-state index contributed by atoms with van der Waals surface area (Å²) in [6, 6.07) is 14.2. The lowest BCUT2D eigenvalue weighted by Crippen LogP contribution is -2.30. The summed E-state index contributed by atoms with van der Waals surface area (Å²) in [5.41, 5.74) is 2.86. The van der Waals surface area contributed by atoms with Crippen LogP contribution in [0.5, 0.6) is 0 Å². The summed E-state index contributed by atoms with van der Waals surface area (Å²) in [6.07, 6.45) is 0.914. The molecule has 1 heterocycles. The van der Waals surface area contributed by atoms with Gasteiger partial charge in [0.1, 0.15) is 0 Å². The van der Waals surface area contributed by atoms with Crippen molar-refractivity contribution in [1.82, 2.24) is 4.98 Å². The topological polar surface area (TPSA) is 88.3 Å². The van der Waals surface area contributed by atoms with Gasteiger partial charge in [-0.2, -0.15) is 0 Å². The van der Waals surface area contributed by atoms with Gasteiger partial charge in [0.2, 0.25) is 0 Å². The number of esters is 1. The molecule has 2 aromatic carbocycles. The molecule has 0 radical (unpaired) electrons. The molecule has 0 aliphatic carbocycles. The Labute approximate surface area is 156 Å². The molecule has 0 saturated carbocycles. The molecule has 1 aromatic heterocycles. The normalized spacial score (nSPS) is 11.8. The van der Waals surface area contributed by atoms with E-state index in [-0.39, 0.29) is 12.2 Å². The molecule has 6 nitrogen and oxygen atoms in total. The number of H-pyrrole nitrogens is 1. The molecule has 27 heavy (non-hydrogen) atoms. The highest BCUT2D eigenvalue weighted by Crippen LogP contribution is 2.18. The number of para-hydroxylation sites is 1. The minimum absolute atomic E-state index is 0.0487. The van der Waals surface area contributed by atoms with Gasteiger partial charge in [-0.15, -0.1) is 0 Å². The lowest BCUT2D eigenvalue weighted by atomic mass is 10.1. The van der Waals surface area contributed by atoms with Crippen LogP contribution < -0.4 is 5.32 Å². The molecule has 0 aliphatic rings. The predicted molar refractivity (Wildman–Crippen MR) is 103 cm³/mol. The van der Waals surface area contributed by atoms with Gasteiger partial charge in [0.25, 0.3) is 5.91 Å². The van der Waals surface area contributed by atoms with Crippen molar-refractivity contribution < 1.29 is 19.1 Å². The van der Waals surface area contributed by atoms with Crippen molar-refractivity contribution in [3.05, 3.63) is 65.9 Å². The zero-order chi connectivity index (χ0) is 19.4. The average molecular weight is 364 g/mol. The Balaban J connectivity index is 1.57. The van der Waals surface area contributed by atoms with Crippen LogP contribution in [0.1, 0.15) is 29.8 Å². The molecule has 0 spiro atoms. The summed E-state index contributed by atoms with van der Waals surface area (Å²) in [5.74, 6) is -0.959. The van der Waals surface area contributed by atoms with Crippen LogP contribution in [0.2, 0.25) is 0 Å². The van der Waals surface area contributed by atoms with Gasteiger partial charge >= 0.3 is 5.97 Å². The molecule has 2 N–H and O–H groups in total. The Morgan fingerprint density at radius 1 is 1.07 bits per heavy atom. The number of amides is 1. The van der Waals surface area contributed by atoms with Crippen LogP contribution in [0.4, 0.5) is 5.69 Å². The van der Waals surface area contributed by atoms with Gasteiger partial charge in [0.15, 0.2) is 11.9 Å².